The van der Waals surface area contributed by atoms with E-state index in [1.807, 2.05) is 22.7 Å². The smallest absolute Gasteiger partial charge is 0.243 e. The summed E-state index contributed by atoms with van der Waals surface area (Å²) in [4.78, 5) is 5.08. The highest BCUT2D eigenvalue weighted by Gasteiger charge is 2.65. The van der Waals surface area contributed by atoms with E-state index >= 15 is 0 Å². The number of hydrogen-bond acceptors (Lipinski definition) is 5. The van der Waals surface area contributed by atoms with Gasteiger partial charge in [0.15, 0.2) is 0 Å². The number of piperidine rings is 1. The summed E-state index contributed by atoms with van der Waals surface area (Å²) in [6.45, 7) is 2.18. The lowest BCUT2D eigenvalue weighted by molar-refractivity contribution is -0.299. The van der Waals surface area contributed by atoms with Gasteiger partial charge in [-0.05, 0) is 55.6 Å². The molecule has 2 aromatic heterocycles. The summed E-state index contributed by atoms with van der Waals surface area (Å²) in [5.74, 6) is -0.639. The minimum atomic E-state index is -0.639. The first kappa shape index (κ1) is 16.3. The molecule has 0 N–H and O–H groups in total. The van der Waals surface area contributed by atoms with Crippen molar-refractivity contribution >= 4 is 22.7 Å². The molecule has 1 aliphatic carbocycles. The quantitative estimate of drug-likeness (QED) is 0.624. The number of ether oxygens (including phenoxy) is 2. The molecule has 0 aromatic carbocycles. The Bertz CT molecular complexity index is 842. The van der Waals surface area contributed by atoms with E-state index in [1.165, 1.54) is 40.1 Å². The van der Waals surface area contributed by atoms with Crippen molar-refractivity contribution in [1.82, 2.24) is 4.90 Å². The molecule has 26 heavy (non-hydrogen) atoms. The number of nitrogens with zero attached hydrogens (tertiary/aromatic N) is 1. The van der Waals surface area contributed by atoms with Gasteiger partial charge >= 0.3 is 0 Å². The lowest BCUT2D eigenvalue weighted by Crippen LogP contribution is -2.43. The summed E-state index contributed by atoms with van der Waals surface area (Å²) >= 11 is 3.67. The van der Waals surface area contributed by atoms with Gasteiger partial charge in [-0.15, -0.1) is 22.7 Å². The molecule has 3 nitrogen and oxygen atoms in total. The highest BCUT2D eigenvalue weighted by atomic mass is 32.1. The minimum Gasteiger partial charge on any atom is -0.329 e. The third kappa shape index (κ3) is 1.93. The van der Waals surface area contributed by atoms with Crippen LogP contribution >= 0.6 is 22.7 Å². The summed E-state index contributed by atoms with van der Waals surface area (Å²) in [5, 5.41) is 4.50. The zero-order valence-electron chi connectivity index (χ0n) is 15.3. The lowest BCUT2D eigenvalue weighted by Gasteiger charge is -2.41. The Morgan fingerprint density at radius 2 is 1.35 bits per heavy atom. The van der Waals surface area contributed by atoms with Gasteiger partial charge < -0.3 is 14.4 Å². The first-order valence-corrected chi connectivity index (χ1v) is 11.7. The van der Waals surface area contributed by atoms with Crippen LogP contribution in [0.5, 0.6) is 0 Å². The van der Waals surface area contributed by atoms with Crippen molar-refractivity contribution in [2.45, 2.75) is 61.9 Å². The van der Waals surface area contributed by atoms with Crippen LogP contribution in [0.4, 0.5) is 0 Å². The Hall–Kier alpha value is -0.720. The van der Waals surface area contributed by atoms with Crippen LogP contribution in [-0.4, -0.2) is 25.0 Å². The number of hydrogen-bond donors (Lipinski definition) is 0. The van der Waals surface area contributed by atoms with E-state index in [0.717, 1.165) is 38.8 Å². The summed E-state index contributed by atoms with van der Waals surface area (Å²) in [7, 11) is 2.21. The summed E-state index contributed by atoms with van der Waals surface area (Å²) in [5.41, 5.74) is 2.55. The molecular weight excluding hydrogens is 362 g/mol. The van der Waals surface area contributed by atoms with E-state index in [4.69, 9.17) is 9.47 Å². The molecule has 1 saturated carbocycles. The molecule has 5 heteroatoms. The molecule has 1 saturated heterocycles. The highest BCUT2D eigenvalue weighted by Crippen LogP contribution is 2.66. The van der Waals surface area contributed by atoms with Crippen molar-refractivity contribution in [3.63, 3.8) is 0 Å². The number of likely N-dealkylation sites (tertiary alicyclic amines) is 1. The first-order valence-electron chi connectivity index (χ1n) is 9.93. The Morgan fingerprint density at radius 3 is 1.92 bits per heavy atom. The van der Waals surface area contributed by atoms with Gasteiger partial charge in [0.2, 0.25) is 5.79 Å². The van der Waals surface area contributed by atoms with Gasteiger partial charge in [0.05, 0.1) is 15.4 Å². The Labute approximate surface area is 162 Å². The zero-order valence-corrected chi connectivity index (χ0v) is 16.9. The van der Waals surface area contributed by atoms with Crippen molar-refractivity contribution in [2.24, 2.45) is 0 Å². The molecule has 3 aliphatic heterocycles. The largest absolute Gasteiger partial charge is 0.329 e. The number of fused-ring (bicyclic) bond motifs is 6. The normalized spacial score (nSPS) is 31.7. The second-order valence-corrected chi connectivity index (χ2v) is 10.3. The standard InChI is InChI=1S/C21H25NO2S2/c1-22-11-9-20(10-12-22)16-6-14-26-18(16)21(24-20)17-15(5-13-25-17)19(23-21)7-3-2-4-8-19/h5-6,13-14H,2-4,7-12H2,1H3. The second kappa shape index (κ2) is 5.42. The predicted molar refractivity (Wildman–Crippen MR) is 105 cm³/mol. The summed E-state index contributed by atoms with van der Waals surface area (Å²) in [6.07, 6.45) is 8.25. The van der Waals surface area contributed by atoms with E-state index in [0.29, 0.717) is 0 Å². The van der Waals surface area contributed by atoms with E-state index < -0.39 is 5.79 Å². The van der Waals surface area contributed by atoms with Gasteiger partial charge in [-0.25, -0.2) is 0 Å². The third-order valence-corrected chi connectivity index (χ3v) is 9.04. The van der Waals surface area contributed by atoms with Gasteiger partial charge in [-0.3, -0.25) is 0 Å². The molecular formula is C21H25NO2S2. The van der Waals surface area contributed by atoms with Crippen molar-refractivity contribution < 1.29 is 9.47 Å². The topological polar surface area (TPSA) is 21.7 Å². The van der Waals surface area contributed by atoms with Crippen molar-refractivity contribution in [3.05, 3.63) is 43.8 Å². The fourth-order valence-corrected chi connectivity index (χ4v) is 7.85. The fourth-order valence-electron chi connectivity index (χ4n) is 5.66. The summed E-state index contributed by atoms with van der Waals surface area (Å²) in [6, 6.07) is 4.62. The maximum absolute atomic E-state index is 7.08. The van der Waals surface area contributed by atoms with Gasteiger partial charge in [-0.1, -0.05) is 19.3 Å². The van der Waals surface area contributed by atoms with Crippen LogP contribution in [0.15, 0.2) is 22.9 Å². The molecule has 6 rings (SSSR count). The summed E-state index contributed by atoms with van der Waals surface area (Å²) < 4.78 is 14.2. The monoisotopic (exact) mass is 387 g/mol. The average molecular weight is 388 g/mol. The Balaban J connectivity index is 1.50. The van der Waals surface area contributed by atoms with Crippen LogP contribution in [0.2, 0.25) is 0 Å². The van der Waals surface area contributed by atoms with Gasteiger partial charge in [-0.2, -0.15) is 0 Å². The fraction of sp³-hybridized carbons (Fsp3) is 0.619. The molecule has 0 bridgehead atoms. The SMILES string of the molecule is CN1CCC2(CC1)OC1(OC3(CCCCC3)c3ccsc31)c1sccc12. The zero-order chi connectivity index (χ0) is 17.4. The van der Waals surface area contributed by atoms with Crippen LogP contribution in [0.3, 0.4) is 0 Å². The Morgan fingerprint density at radius 1 is 0.808 bits per heavy atom. The van der Waals surface area contributed by atoms with Crippen molar-refractivity contribution in [1.29, 1.82) is 0 Å². The third-order valence-electron chi connectivity index (χ3n) is 7.04. The van der Waals surface area contributed by atoms with Crippen molar-refractivity contribution in [3.8, 4) is 0 Å². The van der Waals surface area contributed by atoms with Gasteiger partial charge in [0.25, 0.3) is 0 Å². The molecule has 2 fully saturated rings. The second-order valence-electron chi connectivity index (χ2n) is 8.50. The van der Waals surface area contributed by atoms with Crippen LogP contribution in [0.25, 0.3) is 0 Å². The maximum atomic E-state index is 7.08. The molecule has 4 aliphatic rings. The van der Waals surface area contributed by atoms with E-state index in [1.54, 1.807) is 0 Å². The predicted octanol–water partition coefficient (Wildman–Crippen LogP) is 5.15. The Kier molecular flexibility index (Phi) is 3.39. The van der Waals surface area contributed by atoms with E-state index in [2.05, 4.69) is 34.8 Å². The van der Waals surface area contributed by atoms with E-state index in [9.17, 15) is 0 Å². The van der Waals surface area contributed by atoms with Crippen LogP contribution in [-0.2, 0) is 26.5 Å². The maximum Gasteiger partial charge on any atom is 0.243 e. The highest BCUT2D eigenvalue weighted by molar-refractivity contribution is 7.12. The number of thiophene rings is 2. The van der Waals surface area contributed by atoms with Crippen LogP contribution in [0, 0.1) is 0 Å². The van der Waals surface area contributed by atoms with Crippen molar-refractivity contribution in [2.75, 3.05) is 20.1 Å². The molecule has 138 valence electrons. The molecule has 3 spiro atoms. The van der Waals surface area contributed by atoms with E-state index in [-0.39, 0.29) is 11.2 Å². The molecule has 5 heterocycles. The molecule has 0 amide bonds. The van der Waals surface area contributed by atoms with Gasteiger partial charge in [0.1, 0.15) is 5.60 Å². The first-order chi connectivity index (χ1) is 12.7. The number of rotatable bonds is 0. The minimum absolute atomic E-state index is 0.119. The molecule has 0 radical (unpaired) electrons. The molecule has 1 unspecified atom stereocenters. The lowest BCUT2D eigenvalue weighted by atomic mass is 9.81. The van der Waals surface area contributed by atoms with Crippen LogP contribution in [0.1, 0.15) is 65.8 Å². The molecule has 2 aromatic rings. The van der Waals surface area contributed by atoms with Crippen LogP contribution < -0.4 is 0 Å². The average Bonchev–Trinajstić information content (AvgIpc) is 3.40. The molecule has 1 atom stereocenters. The van der Waals surface area contributed by atoms with Gasteiger partial charge in [0, 0.05) is 24.2 Å².